The van der Waals surface area contributed by atoms with Crippen molar-refractivity contribution in [2.45, 2.75) is 19.0 Å². The standard InChI is InChI=1S/C17H17NO2/c1-13(15-9-11-19-12-15)18-17(16-8-5-10-20-16)14-6-3-2-4-7-14/h2-13,17-18H,1H3. The first-order valence-corrected chi connectivity index (χ1v) is 6.71. The summed E-state index contributed by atoms with van der Waals surface area (Å²) in [7, 11) is 0. The summed E-state index contributed by atoms with van der Waals surface area (Å²) in [6, 6.07) is 16.4. The SMILES string of the molecule is CC(NC(c1ccccc1)c1ccco1)c1ccoc1. The molecule has 2 heterocycles. The molecule has 0 aliphatic carbocycles. The molecule has 0 saturated carbocycles. The zero-order chi connectivity index (χ0) is 13.8. The summed E-state index contributed by atoms with van der Waals surface area (Å²) in [5.74, 6) is 0.909. The molecule has 3 aromatic rings. The van der Waals surface area contributed by atoms with Gasteiger partial charge in [-0.1, -0.05) is 30.3 Å². The van der Waals surface area contributed by atoms with E-state index in [0.717, 1.165) is 11.3 Å². The Hall–Kier alpha value is -2.26. The normalized spacial score (nSPS) is 14.1. The van der Waals surface area contributed by atoms with Crippen molar-refractivity contribution in [3.05, 3.63) is 84.2 Å². The predicted octanol–water partition coefficient (Wildman–Crippen LogP) is 4.31. The average Bonchev–Trinajstić information content (AvgIpc) is 3.18. The van der Waals surface area contributed by atoms with Crippen molar-refractivity contribution in [3.63, 3.8) is 0 Å². The molecule has 0 radical (unpaired) electrons. The molecule has 0 aliphatic heterocycles. The Morgan fingerprint density at radius 2 is 1.75 bits per heavy atom. The zero-order valence-electron chi connectivity index (χ0n) is 11.3. The van der Waals surface area contributed by atoms with Gasteiger partial charge in [-0.05, 0) is 30.7 Å². The minimum absolute atomic E-state index is 0.0242. The first kappa shape index (κ1) is 12.8. The molecule has 0 fully saturated rings. The van der Waals surface area contributed by atoms with Crippen LogP contribution in [0.15, 0.2) is 76.2 Å². The van der Waals surface area contributed by atoms with Gasteiger partial charge < -0.3 is 8.83 Å². The van der Waals surface area contributed by atoms with Crippen molar-refractivity contribution < 1.29 is 8.83 Å². The molecular weight excluding hydrogens is 250 g/mol. The second kappa shape index (κ2) is 5.80. The Balaban J connectivity index is 1.87. The highest BCUT2D eigenvalue weighted by Crippen LogP contribution is 2.26. The number of benzene rings is 1. The molecule has 3 rings (SSSR count). The summed E-state index contributed by atoms with van der Waals surface area (Å²) < 4.78 is 10.7. The molecule has 0 bridgehead atoms. The number of rotatable bonds is 5. The number of furan rings is 2. The second-order valence-corrected chi connectivity index (χ2v) is 4.80. The van der Waals surface area contributed by atoms with E-state index in [4.69, 9.17) is 8.83 Å². The molecule has 3 heteroatoms. The smallest absolute Gasteiger partial charge is 0.125 e. The topological polar surface area (TPSA) is 38.3 Å². The molecule has 3 nitrogen and oxygen atoms in total. The third kappa shape index (κ3) is 2.68. The van der Waals surface area contributed by atoms with Crippen LogP contribution in [-0.2, 0) is 0 Å². The minimum atomic E-state index is 0.0242. The molecule has 2 unspecified atom stereocenters. The maximum atomic E-state index is 5.58. The fourth-order valence-corrected chi connectivity index (χ4v) is 2.31. The second-order valence-electron chi connectivity index (χ2n) is 4.80. The Morgan fingerprint density at radius 1 is 0.900 bits per heavy atom. The van der Waals surface area contributed by atoms with Crippen LogP contribution < -0.4 is 5.32 Å². The quantitative estimate of drug-likeness (QED) is 0.748. The highest BCUT2D eigenvalue weighted by atomic mass is 16.3. The van der Waals surface area contributed by atoms with Gasteiger partial charge in [0.25, 0.3) is 0 Å². The van der Waals surface area contributed by atoms with E-state index in [1.165, 1.54) is 5.56 Å². The van der Waals surface area contributed by atoms with Crippen molar-refractivity contribution in [1.29, 1.82) is 0 Å². The molecule has 2 atom stereocenters. The molecule has 0 amide bonds. The van der Waals surface area contributed by atoms with Crippen molar-refractivity contribution in [1.82, 2.24) is 5.32 Å². The van der Waals surface area contributed by atoms with Crippen LogP contribution in [0.4, 0.5) is 0 Å². The molecular formula is C17H17NO2. The summed E-state index contributed by atoms with van der Waals surface area (Å²) in [4.78, 5) is 0. The summed E-state index contributed by atoms with van der Waals surface area (Å²) in [5, 5.41) is 3.58. The molecule has 1 aromatic carbocycles. The van der Waals surface area contributed by atoms with Crippen LogP contribution in [0.1, 0.15) is 35.9 Å². The Labute approximate surface area is 118 Å². The minimum Gasteiger partial charge on any atom is -0.472 e. The van der Waals surface area contributed by atoms with Crippen molar-refractivity contribution in [2.75, 3.05) is 0 Å². The third-order valence-electron chi connectivity index (χ3n) is 3.42. The zero-order valence-corrected chi connectivity index (χ0v) is 11.3. The molecule has 2 aromatic heterocycles. The molecule has 1 N–H and O–H groups in total. The molecule has 0 saturated heterocycles. The molecule has 0 aliphatic rings. The highest BCUT2D eigenvalue weighted by molar-refractivity contribution is 5.27. The van der Waals surface area contributed by atoms with E-state index in [2.05, 4.69) is 24.4 Å². The van der Waals surface area contributed by atoms with E-state index in [0.29, 0.717) is 0 Å². The fraction of sp³-hybridized carbons (Fsp3) is 0.176. The van der Waals surface area contributed by atoms with E-state index >= 15 is 0 Å². The van der Waals surface area contributed by atoms with E-state index in [9.17, 15) is 0 Å². The van der Waals surface area contributed by atoms with Crippen LogP contribution in [-0.4, -0.2) is 0 Å². The van der Waals surface area contributed by atoms with Crippen LogP contribution in [0.5, 0.6) is 0 Å². The van der Waals surface area contributed by atoms with Crippen molar-refractivity contribution in [2.24, 2.45) is 0 Å². The monoisotopic (exact) mass is 267 g/mol. The largest absolute Gasteiger partial charge is 0.472 e. The predicted molar refractivity (Wildman–Crippen MR) is 77.3 cm³/mol. The van der Waals surface area contributed by atoms with Gasteiger partial charge in [0.15, 0.2) is 0 Å². The van der Waals surface area contributed by atoms with Gasteiger partial charge in [-0.3, -0.25) is 5.32 Å². The molecule has 102 valence electrons. The van der Waals surface area contributed by atoms with Crippen LogP contribution >= 0.6 is 0 Å². The summed E-state index contributed by atoms with van der Waals surface area (Å²) in [6.45, 7) is 2.11. The van der Waals surface area contributed by atoms with Gasteiger partial charge in [0.1, 0.15) is 5.76 Å². The lowest BCUT2D eigenvalue weighted by Crippen LogP contribution is -2.25. The summed E-state index contributed by atoms with van der Waals surface area (Å²) in [5.41, 5.74) is 2.30. The lowest BCUT2D eigenvalue weighted by atomic mass is 10.0. The van der Waals surface area contributed by atoms with Crippen molar-refractivity contribution in [3.8, 4) is 0 Å². The highest BCUT2D eigenvalue weighted by Gasteiger charge is 2.19. The van der Waals surface area contributed by atoms with E-state index < -0.39 is 0 Å². The Morgan fingerprint density at radius 3 is 2.40 bits per heavy atom. The lowest BCUT2D eigenvalue weighted by Gasteiger charge is -2.21. The van der Waals surface area contributed by atoms with Gasteiger partial charge in [0.05, 0.1) is 24.8 Å². The van der Waals surface area contributed by atoms with Gasteiger partial charge in [-0.15, -0.1) is 0 Å². The van der Waals surface area contributed by atoms with Gasteiger partial charge in [-0.25, -0.2) is 0 Å². The molecule has 0 spiro atoms. The summed E-state index contributed by atoms with van der Waals surface area (Å²) in [6.07, 6.45) is 5.16. The first-order valence-electron chi connectivity index (χ1n) is 6.71. The average molecular weight is 267 g/mol. The number of nitrogens with one attached hydrogen (secondary N) is 1. The Kier molecular flexibility index (Phi) is 3.70. The van der Waals surface area contributed by atoms with E-state index in [-0.39, 0.29) is 12.1 Å². The van der Waals surface area contributed by atoms with Gasteiger partial charge >= 0.3 is 0 Å². The van der Waals surface area contributed by atoms with E-state index in [1.807, 2.05) is 36.4 Å². The summed E-state index contributed by atoms with van der Waals surface area (Å²) >= 11 is 0. The van der Waals surface area contributed by atoms with Gasteiger partial charge in [0.2, 0.25) is 0 Å². The van der Waals surface area contributed by atoms with Crippen LogP contribution in [0.2, 0.25) is 0 Å². The van der Waals surface area contributed by atoms with E-state index in [1.54, 1.807) is 18.8 Å². The fourth-order valence-electron chi connectivity index (χ4n) is 2.31. The van der Waals surface area contributed by atoms with Crippen LogP contribution in [0.3, 0.4) is 0 Å². The number of hydrogen-bond acceptors (Lipinski definition) is 3. The van der Waals surface area contributed by atoms with Crippen molar-refractivity contribution >= 4 is 0 Å². The first-order chi connectivity index (χ1) is 9.84. The van der Waals surface area contributed by atoms with Crippen LogP contribution in [0.25, 0.3) is 0 Å². The Bertz CT molecular complexity index is 614. The van der Waals surface area contributed by atoms with Crippen LogP contribution in [0, 0.1) is 0 Å². The third-order valence-corrected chi connectivity index (χ3v) is 3.42. The maximum Gasteiger partial charge on any atom is 0.125 e. The lowest BCUT2D eigenvalue weighted by molar-refractivity contribution is 0.417. The van der Waals surface area contributed by atoms with Gasteiger partial charge in [-0.2, -0.15) is 0 Å². The molecule has 20 heavy (non-hydrogen) atoms. The number of hydrogen-bond donors (Lipinski definition) is 1. The maximum absolute atomic E-state index is 5.58. The van der Waals surface area contributed by atoms with Gasteiger partial charge in [0, 0.05) is 11.6 Å².